The second-order valence-corrected chi connectivity index (χ2v) is 5.16. The van der Waals surface area contributed by atoms with Crippen molar-refractivity contribution in [2.24, 2.45) is 0 Å². The molecule has 0 atom stereocenters. The van der Waals surface area contributed by atoms with Crippen molar-refractivity contribution in [1.82, 2.24) is 10.2 Å². The highest BCUT2D eigenvalue weighted by Crippen LogP contribution is 2.13. The summed E-state index contributed by atoms with van der Waals surface area (Å²) in [6.07, 6.45) is 3.51. The van der Waals surface area contributed by atoms with Crippen LogP contribution in [0.5, 0.6) is 0 Å². The van der Waals surface area contributed by atoms with Crippen molar-refractivity contribution in [3.63, 3.8) is 0 Å². The van der Waals surface area contributed by atoms with E-state index >= 15 is 0 Å². The Balaban J connectivity index is 2.62. The summed E-state index contributed by atoms with van der Waals surface area (Å²) in [6.45, 7) is 3.42. The zero-order valence-corrected chi connectivity index (χ0v) is 12.7. The number of carboxylic acid groups (broad SMARTS) is 1. The van der Waals surface area contributed by atoms with Crippen molar-refractivity contribution in [2.45, 2.75) is 13.3 Å². The van der Waals surface area contributed by atoms with Gasteiger partial charge in [-0.05, 0) is 63.3 Å². The molecule has 0 heterocycles. The van der Waals surface area contributed by atoms with Crippen LogP contribution in [-0.4, -0.2) is 49.1 Å². The van der Waals surface area contributed by atoms with Crippen LogP contribution >= 0.6 is 0 Å². The van der Waals surface area contributed by atoms with Crippen molar-refractivity contribution in [3.05, 3.63) is 41.0 Å². The lowest BCUT2D eigenvalue weighted by Crippen LogP contribution is -2.27. The number of carbonyl (C=O) groups excluding carboxylic acids is 1. The largest absolute Gasteiger partial charge is 0.478 e. The molecule has 0 aromatic heterocycles. The molecule has 5 heteroatoms. The first-order valence-corrected chi connectivity index (χ1v) is 6.84. The second kappa shape index (κ2) is 8.21. The van der Waals surface area contributed by atoms with Crippen LogP contribution in [0.15, 0.2) is 24.3 Å². The SMILES string of the molecule is Cc1cc(C(=O)NCCCN(C)C)ccc1/C=C/C(=O)O. The molecule has 5 nitrogen and oxygen atoms in total. The highest BCUT2D eigenvalue weighted by atomic mass is 16.4. The van der Waals surface area contributed by atoms with Crippen molar-refractivity contribution < 1.29 is 14.7 Å². The number of aryl methyl sites for hydroxylation is 1. The van der Waals surface area contributed by atoms with Crippen molar-refractivity contribution in [2.75, 3.05) is 27.2 Å². The molecule has 0 fully saturated rings. The third-order valence-electron chi connectivity index (χ3n) is 3.01. The van der Waals surface area contributed by atoms with E-state index in [9.17, 15) is 9.59 Å². The van der Waals surface area contributed by atoms with E-state index in [-0.39, 0.29) is 5.91 Å². The van der Waals surface area contributed by atoms with E-state index in [4.69, 9.17) is 5.11 Å². The summed E-state index contributed by atoms with van der Waals surface area (Å²) < 4.78 is 0. The second-order valence-electron chi connectivity index (χ2n) is 5.16. The number of benzene rings is 1. The third kappa shape index (κ3) is 6.23. The van der Waals surface area contributed by atoms with Crippen LogP contribution in [0.4, 0.5) is 0 Å². The predicted octanol–water partition coefficient (Wildman–Crippen LogP) is 1.77. The number of rotatable bonds is 7. The molecule has 0 spiro atoms. The summed E-state index contributed by atoms with van der Waals surface area (Å²) in [6, 6.07) is 5.22. The quantitative estimate of drug-likeness (QED) is 0.593. The fourth-order valence-corrected chi connectivity index (χ4v) is 1.86. The number of carbonyl (C=O) groups is 2. The van der Waals surface area contributed by atoms with Gasteiger partial charge in [-0.2, -0.15) is 0 Å². The molecule has 0 unspecified atom stereocenters. The van der Waals surface area contributed by atoms with E-state index in [0.29, 0.717) is 12.1 Å². The fourth-order valence-electron chi connectivity index (χ4n) is 1.86. The van der Waals surface area contributed by atoms with E-state index in [2.05, 4.69) is 10.2 Å². The van der Waals surface area contributed by atoms with Crippen LogP contribution in [0.3, 0.4) is 0 Å². The molecule has 0 bridgehead atoms. The molecule has 2 N–H and O–H groups in total. The Labute approximate surface area is 125 Å². The van der Waals surface area contributed by atoms with Crippen LogP contribution < -0.4 is 5.32 Å². The summed E-state index contributed by atoms with van der Waals surface area (Å²) in [5, 5.41) is 11.5. The number of aliphatic carboxylic acids is 1. The van der Waals surface area contributed by atoms with Crippen molar-refractivity contribution in [3.8, 4) is 0 Å². The number of hydrogen-bond donors (Lipinski definition) is 2. The van der Waals surface area contributed by atoms with E-state index in [1.54, 1.807) is 18.2 Å². The van der Waals surface area contributed by atoms with Gasteiger partial charge in [-0.25, -0.2) is 4.79 Å². The van der Waals surface area contributed by atoms with E-state index in [1.807, 2.05) is 21.0 Å². The molecule has 0 saturated carbocycles. The van der Waals surface area contributed by atoms with Crippen LogP contribution in [0.25, 0.3) is 6.08 Å². The van der Waals surface area contributed by atoms with Gasteiger partial charge < -0.3 is 15.3 Å². The first-order valence-electron chi connectivity index (χ1n) is 6.84. The molecule has 0 radical (unpaired) electrons. The minimum atomic E-state index is -0.989. The molecule has 0 aliphatic rings. The van der Waals surface area contributed by atoms with Gasteiger partial charge in [-0.1, -0.05) is 6.07 Å². The van der Waals surface area contributed by atoms with Gasteiger partial charge in [-0.3, -0.25) is 4.79 Å². The van der Waals surface area contributed by atoms with Gasteiger partial charge in [0.1, 0.15) is 0 Å². The average molecular weight is 290 g/mol. The molecule has 1 aromatic carbocycles. The molecule has 1 amide bonds. The first-order chi connectivity index (χ1) is 9.90. The Hall–Kier alpha value is -2.14. The Bertz CT molecular complexity index is 536. The Morgan fingerprint density at radius 3 is 2.62 bits per heavy atom. The standard InChI is InChI=1S/C16H22N2O3/c1-12-11-14(6-5-13(12)7-8-15(19)20)16(21)17-9-4-10-18(2)3/h5-8,11H,4,9-10H2,1-3H3,(H,17,21)(H,19,20)/b8-7+. The lowest BCUT2D eigenvalue weighted by molar-refractivity contribution is -0.131. The maximum Gasteiger partial charge on any atom is 0.328 e. The molecular weight excluding hydrogens is 268 g/mol. The molecule has 114 valence electrons. The summed E-state index contributed by atoms with van der Waals surface area (Å²) in [7, 11) is 3.99. The smallest absolute Gasteiger partial charge is 0.328 e. The van der Waals surface area contributed by atoms with Crippen LogP contribution in [-0.2, 0) is 4.79 Å². The van der Waals surface area contributed by atoms with Crippen LogP contribution in [0.1, 0.15) is 27.9 Å². The Morgan fingerprint density at radius 1 is 1.33 bits per heavy atom. The number of nitrogens with one attached hydrogen (secondary N) is 1. The zero-order valence-electron chi connectivity index (χ0n) is 12.7. The molecule has 0 saturated heterocycles. The number of carboxylic acids is 1. The summed E-state index contributed by atoms with van der Waals surface area (Å²) in [5.74, 6) is -1.09. The molecule has 1 rings (SSSR count). The van der Waals surface area contributed by atoms with E-state index < -0.39 is 5.97 Å². The normalized spacial score (nSPS) is 11.0. The molecule has 21 heavy (non-hydrogen) atoms. The van der Waals surface area contributed by atoms with Crippen LogP contribution in [0, 0.1) is 6.92 Å². The van der Waals surface area contributed by atoms with Gasteiger partial charge in [0.2, 0.25) is 0 Å². The van der Waals surface area contributed by atoms with Gasteiger partial charge in [0.05, 0.1) is 0 Å². The highest BCUT2D eigenvalue weighted by molar-refractivity contribution is 5.95. The molecular formula is C16H22N2O3. The summed E-state index contributed by atoms with van der Waals surface area (Å²) in [4.78, 5) is 24.6. The highest BCUT2D eigenvalue weighted by Gasteiger charge is 2.06. The maximum absolute atomic E-state index is 12.0. The number of hydrogen-bond acceptors (Lipinski definition) is 3. The summed E-state index contributed by atoms with van der Waals surface area (Å²) >= 11 is 0. The fraction of sp³-hybridized carbons (Fsp3) is 0.375. The average Bonchev–Trinajstić information content (AvgIpc) is 2.41. The monoisotopic (exact) mass is 290 g/mol. The number of nitrogens with zero attached hydrogens (tertiary/aromatic N) is 1. The predicted molar refractivity (Wildman–Crippen MR) is 83.4 cm³/mol. The molecule has 0 aliphatic carbocycles. The molecule has 0 aliphatic heterocycles. The topological polar surface area (TPSA) is 69.6 Å². The van der Waals surface area contributed by atoms with Crippen molar-refractivity contribution >= 4 is 18.0 Å². The maximum atomic E-state index is 12.0. The minimum absolute atomic E-state index is 0.106. The van der Waals surface area contributed by atoms with Gasteiger partial charge >= 0.3 is 5.97 Å². The van der Waals surface area contributed by atoms with E-state index in [0.717, 1.165) is 30.2 Å². The Kier molecular flexibility index (Phi) is 6.62. The van der Waals surface area contributed by atoms with Gasteiger partial charge in [-0.15, -0.1) is 0 Å². The van der Waals surface area contributed by atoms with Gasteiger partial charge in [0, 0.05) is 18.2 Å². The lowest BCUT2D eigenvalue weighted by Gasteiger charge is -2.10. The number of amides is 1. The van der Waals surface area contributed by atoms with E-state index in [1.165, 1.54) is 6.08 Å². The zero-order chi connectivity index (χ0) is 15.8. The van der Waals surface area contributed by atoms with Crippen LogP contribution in [0.2, 0.25) is 0 Å². The van der Waals surface area contributed by atoms with Crippen molar-refractivity contribution in [1.29, 1.82) is 0 Å². The third-order valence-corrected chi connectivity index (χ3v) is 3.01. The Morgan fingerprint density at radius 2 is 2.05 bits per heavy atom. The molecule has 1 aromatic rings. The lowest BCUT2D eigenvalue weighted by atomic mass is 10.0. The van der Waals surface area contributed by atoms with Gasteiger partial charge in [0.15, 0.2) is 0 Å². The first kappa shape index (κ1) is 16.9. The van der Waals surface area contributed by atoms with Gasteiger partial charge in [0.25, 0.3) is 5.91 Å². The summed E-state index contributed by atoms with van der Waals surface area (Å²) in [5.41, 5.74) is 2.25. The minimum Gasteiger partial charge on any atom is -0.478 e.